The summed E-state index contributed by atoms with van der Waals surface area (Å²) in [6.45, 7) is 2.08. The van der Waals surface area contributed by atoms with Crippen molar-refractivity contribution in [3.8, 4) is 0 Å². The monoisotopic (exact) mass is 238 g/mol. The molecular formula is C14H22O3. The zero-order valence-electron chi connectivity index (χ0n) is 10.5. The molecule has 1 rings (SSSR count). The van der Waals surface area contributed by atoms with Gasteiger partial charge in [0.2, 0.25) is 0 Å². The smallest absolute Gasteiger partial charge is 0.303 e. The fourth-order valence-electron chi connectivity index (χ4n) is 2.57. The first-order valence-corrected chi connectivity index (χ1v) is 6.54. The van der Waals surface area contributed by atoms with Crippen molar-refractivity contribution in [1.29, 1.82) is 0 Å². The number of hydrogen-bond acceptors (Lipinski definition) is 2. The minimum absolute atomic E-state index is 0.145. The topological polar surface area (TPSA) is 54.4 Å². The summed E-state index contributed by atoms with van der Waals surface area (Å²) in [5.74, 6) is 0.179. The van der Waals surface area contributed by atoms with Crippen molar-refractivity contribution in [2.24, 2.45) is 11.8 Å². The van der Waals surface area contributed by atoms with E-state index in [4.69, 9.17) is 5.11 Å². The van der Waals surface area contributed by atoms with Crippen LogP contribution in [0.15, 0.2) is 12.2 Å². The van der Waals surface area contributed by atoms with Crippen LogP contribution in [0.25, 0.3) is 0 Å². The summed E-state index contributed by atoms with van der Waals surface area (Å²) in [5.41, 5.74) is 0. The summed E-state index contributed by atoms with van der Waals surface area (Å²) in [5, 5.41) is 8.60. The number of hydrogen-bond donors (Lipinski definition) is 1. The third-order valence-electron chi connectivity index (χ3n) is 3.50. The Bertz CT molecular complexity index is 294. The lowest BCUT2D eigenvalue weighted by atomic mass is 9.88. The van der Waals surface area contributed by atoms with Gasteiger partial charge >= 0.3 is 5.97 Å². The van der Waals surface area contributed by atoms with Gasteiger partial charge in [-0.05, 0) is 38.0 Å². The number of ketones is 1. The second-order valence-corrected chi connectivity index (χ2v) is 4.77. The van der Waals surface area contributed by atoms with E-state index >= 15 is 0 Å². The molecule has 0 bridgehead atoms. The maximum Gasteiger partial charge on any atom is 0.303 e. The highest BCUT2D eigenvalue weighted by Crippen LogP contribution is 2.35. The van der Waals surface area contributed by atoms with Gasteiger partial charge in [-0.1, -0.05) is 19.1 Å². The van der Waals surface area contributed by atoms with Crippen LogP contribution < -0.4 is 0 Å². The van der Waals surface area contributed by atoms with Gasteiger partial charge in [-0.3, -0.25) is 9.59 Å². The van der Waals surface area contributed by atoms with Crippen molar-refractivity contribution in [1.82, 2.24) is 0 Å². The summed E-state index contributed by atoms with van der Waals surface area (Å²) in [6, 6.07) is 0. The van der Waals surface area contributed by atoms with E-state index in [9.17, 15) is 9.59 Å². The maximum atomic E-state index is 11.7. The van der Waals surface area contributed by atoms with E-state index in [0.29, 0.717) is 24.5 Å². The Morgan fingerprint density at radius 1 is 1.47 bits per heavy atom. The number of allylic oxidation sites excluding steroid dienone is 2. The largest absolute Gasteiger partial charge is 0.481 e. The average Bonchev–Trinajstić information content (AvgIpc) is 2.61. The lowest BCUT2D eigenvalue weighted by Gasteiger charge is -2.16. The fraction of sp³-hybridized carbons (Fsp3) is 0.714. The van der Waals surface area contributed by atoms with E-state index < -0.39 is 5.97 Å². The quantitative estimate of drug-likeness (QED) is 0.693. The summed E-state index contributed by atoms with van der Waals surface area (Å²) < 4.78 is 0. The molecule has 0 heterocycles. The Hall–Kier alpha value is -1.12. The first kappa shape index (κ1) is 13.9. The Kier molecular flexibility index (Phi) is 5.95. The van der Waals surface area contributed by atoms with Crippen molar-refractivity contribution in [3.05, 3.63) is 12.2 Å². The highest BCUT2D eigenvalue weighted by Gasteiger charge is 2.32. The molecule has 3 heteroatoms. The predicted octanol–water partition coefficient (Wildman–Crippen LogP) is 3.19. The number of carbonyl (C=O) groups excluding carboxylic acids is 1. The third-order valence-corrected chi connectivity index (χ3v) is 3.50. The normalized spacial score (nSPS) is 24.6. The van der Waals surface area contributed by atoms with Crippen LogP contribution in [0.1, 0.15) is 51.9 Å². The van der Waals surface area contributed by atoms with Crippen LogP contribution in [-0.2, 0) is 9.59 Å². The minimum Gasteiger partial charge on any atom is -0.481 e. The van der Waals surface area contributed by atoms with E-state index in [0.717, 1.165) is 25.7 Å². The maximum absolute atomic E-state index is 11.7. The van der Waals surface area contributed by atoms with Gasteiger partial charge in [0.1, 0.15) is 5.78 Å². The molecule has 0 aromatic heterocycles. The van der Waals surface area contributed by atoms with Crippen LogP contribution in [0.5, 0.6) is 0 Å². The van der Waals surface area contributed by atoms with Crippen LogP contribution >= 0.6 is 0 Å². The third kappa shape index (κ3) is 4.72. The Morgan fingerprint density at radius 2 is 2.24 bits per heavy atom. The van der Waals surface area contributed by atoms with Crippen molar-refractivity contribution >= 4 is 11.8 Å². The molecule has 1 N–H and O–H groups in total. The molecule has 3 nitrogen and oxygen atoms in total. The van der Waals surface area contributed by atoms with Gasteiger partial charge in [0, 0.05) is 18.8 Å². The molecular weight excluding hydrogens is 216 g/mol. The summed E-state index contributed by atoms with van der Waals surface area (Å²) in [7, 11) is 0. The molecule has 1 saturated carbocycles. The molecule has 0 aromatic carbocycles. The first-order valence-electron chi connectivity index (χ1n) is 6.54. The number of Topliss-reactive ketones (excluding diaryl/α,β-unsaturated/α-hetero) is 1. The molecule has 1 aliphatic rings. The molecule has 1 aliphatic carbocycles. The Balaban J connectivity index is 2.38. The van der Waals surface area contributed by atoms with E-state index in [-0.39, 0.29) is 12.3 Å². The van der Waals surface area contributed by atoms with Gasteiger partial charge in [0.25, 0.3) is 0 Å². The van der Waals surface area contributed by atoms with Crippen LogP contribution in [0.4, 0.5) is 0 Å². The molecule has 0 saturated heterocycles. The summed E-state index contributed by atoms with van der Waals surface area (Å²) in [4.78, 5) is 22.2. The molecule has 17 heavy (non-hydrogen) atoms. The van der Waals surface area contributed by atoms with E-state index in [1.165, 1.54) is 0 Å². The van der Waals surface area contributed by atoms with Crippen molar-refractivity contribution in [3.63, 3.8) is 0 Å². The fourth-order valence-corrected chi connectivity index (χ4v) is 2.57. The number of carboxylic acid groups (broad SMARTS) is 1. The lowest BCUT2D eigenvalue weighted by Crippen LogP contribution is -2.14. The predicted molar refractivity (Wildman–Crippen MR) is 66.8 cm³/mol. The minimum atomic E-state index is -0.739. The average molecular weight is 238 g/mol. The summed E-state index contributed by atoms with van der Waals surface area (Å²) >= 11 is 0. The van der Waals surface area contributed by atoms with Crippen molar-refractivity contribution < 1.29 is 14.7 Å². The van der Waals surface area contributed by atoms with Gasteiger partial charge in [0.15, 0.2) is 0 Å². The number of aliphatic carboxylic acids is 1. The standard InChI is InChI=1S/C14H22O3/c1-2-3-4-7-12-11(9-10-13(12)15)6-5-8-14(16)17/h3-4,11-12H,2,5-10H2,1H3,(H,16,17)/b4-3-/t11-,12-/m1/s1. The van der Waals surface area contributed by atoms with Gasteiger partial charge in [-0.15, -0.1) is 0 Å². The molecule has 0 spiro atoms. The van der Waals surface area contributed by atoms with Crippen LogP contribution in [0.2, 0.25) is 0 Å². The Morgan fingerprint density at radius 3 is 2.88 bits per heavy atom. The van der Waals surface area contributed by atoms with Crippen molar-refractivity contribution in [2.75, 3.05) is 0 Å². The van der Waals surface area contributed by atoms with Crippen LogP contribution in [-0.4, -0.2) is 16.9 Å². The zero-order chi connectivity index (χ0) is 12.7. The van der Waals surface area contributed by atoms with Gasteiger partial charge in [-0.2, -0.15) is 0 Å². The van der Waals surface area contributed by atoms with Crippen LogP contribution in [0.3, 0.4) is 0 Å². The molecule has 96 valence electrons. The number of carbonyl (C=O) groups is 2. The SMILES string of the molecule is CC/C=C\C[C@H]1C(=O)CC[C@H]1CCCC(=O)O. The molecule has 0 aliphatic heterocycles. The highest BCUT2D eigenvalue weighted by atomic mass is 16.4. The number of carboxylic acids is 1. The molecule has 2 atom stereocenters. The molecule has 0 radical (unpaired) electrons. The Labute approximate surface area is 103 Å². The molecule has 0 aromatic rings. The second-order valence-electron chi connectivity index (χ2n) is 4.77. The van der Waals surface area contributed by atoms with E-state index in [1.807, 2.05) is 0 Å². The number of rotatable bonds is 7. The van der Waals surface area contributed by atoms with Crippen LogP contribution in [0, 0.1) is 11.8 Å². The lowest BCUT2D eigenvalue weighted by molar-refractivity contribution is -0.137. The van der Waals surface area contributed by atoms with Gasteiger partial charge < -0.3 is 5.11 Å². The first-order chi connectivity index (χ1) is 8.15. The van der Waals surface area contributed by atoms with Gasteiger partial charge in [0.05, 0.1) is 0 Å². The molecule has 1 fully saturated rings. The van der Waals surface area contributed by atoms with E-state index in [1.54, 1.807) is 0 Å². The molecule has 0 unspecified atom stereocenters. The highest BCUT2D eigenvalue weighted by molar-refractivity contribution is 5.83. The van der Waals surface area contributed by atoms with Gasteiger partial charge in [-0.25, -0.2) is 0 Å². The zero-order valence-corrected chi connectivity index (χ0v) is 10.5. The summed E-state index contributed by atoms with van der Waals surface area (Å²) in [6.07, 6.45) is 9.46. The second kappa shape index (κ2) is 7.25. The van der Waals surface area contributed by atoms with Crippen molar-refractivity contribution in [2.45, 2.75) is 51.9 Å². The molecule has 0 amide bonds. The van der Waals surface area contributed by atoms with E-state index in [2.05, 4.69) is 19.1 Å².